The smallest absolute Gasteiger partial charge is 0.00226 e. The Labute approximate surface area is 82.5 Å². The Balaban J connectivity index is 2.25. The fourth-order valence-electron chi connectivity index (χ4n) is 2.36. The van der Waals surface area contributed by atoms with Crippen LogP contribution in [0.3, 0.4) is 0 Å². The molecule has 1 saturated heterocycles. The summed E-state index contributed by atoms with van der Waals surface area (Å²) in [5.41, 5.74) is 5.75. The summed E-state index contributed by atoms with van der Waals surface area (Å²) in [6, 6.07) is 0.354. The molecule has 0 aliphatic carbocycles. The van der Waals surface area contributed by atoms with E-state index in [1.165, 1.54) is 26.1 Å². The van der Waals surface area contributed by atoms with Gasteiger partial charge in [-0.05, 0) is 38.1 Å². The Morgan fingerprint density at radius 1 is 1.31 bits per heavy atom. The number of hydrogen-bond donors (Lipinski definition) is 1. The Hall–Kier alpha value is -0.0800. The predicted octanol–water partition coefficient (Wildman–Crippen LogP) is 1.70. The SMILES string of the molecule is CC(N)CCN1CC(C)CC(C)C1. The van der Waals surface area contributed by atoms with Crippen LogP contribution >= 0.6 is 0 Å². The third kappa shape index (κ3) is 4.10. The second-order valence-corrected chi connectivity index (χ2v) is 4.97. The van der Waals surface area contributed by atoms with Gasteiger partial charge >= 0.3 is 0 Å². The molecule has 0 aromatic carbocycles. The van der Waals surface area contributed by atoms with Crippen LogP contribution in [0.4, 0.5) is 0 Å². The molecule has 3 atom stereocenters. The Bertz CT molecular complexity index is 135. The van der Waals surface area contributed by atoms with E-state index >= 15 is 0 Å². The number of piperidine rings is 1. The van der Waals surface area contributed by atoms with Crippen LogP contribution in [0.2, 0.25) is 0 Å². The van der Waals surface area contributed by atoms with Gasteiger partial charge in [0, 0.05) is 19.1 Å². The molecule has 0 saturated carbocycles. The molecule has 0 amide bonds. The van der Waals surface area contributed by atoms with E-state index in [0.29, 0.717) is 6.04 Å². The molecule has 1 rings (SSSR count). The lowest BCUT2D eigenvalue weighted by atomic mass is 9.92. The number of hydrogen-bond acceptors (Lipinski definition) is 2. The van der Waals surface area contributed by atoms with Crippen LogP contribution < -0.4 is 5.73 Å². The van der Waals surface area contributed by atoms with Gasteiger partial charge in [-0.25, -0.2) is 0 Å². The number of likely N-dealkylation sites (tertiary alicyclic amines) is 1. The van der Waals surface area contributed by atoms with Gasteiger partial charge in [0.05, 0.1) is 0 Å². The second kappa shape index (κ2) is 4.97. The molecule has 1 aliphatic heterocycles. The third-order valence-corrected chi connectivity index (χ3v) is 2.85. The molecule has 2 nitrogen and oxygen atoms in total. The van der Waals surface area contributed by atoms with E-state index in [1.807, 2.05) is 0 Å². The van der Waals surface area contributed by atoms with Crippen molar-refractivity contribution in [2.45, 2.75) is 39.7 Å². The summed E-state index contributed by atoms with van der Waals surface area (Å²) < 4.78 is 0. The summed E-state index contributed by atoms with van der Waals surface area (Å²) in [5.74, 6) is 1.74. The van der Waals surface area contributed by atoms with Crippen LogP contribution in [-0.2, 0) is 0 Å². The number of nitrogens with two attached hydrogens (primary N) is 1. The van der Waals surface area contributed by atoms with Crippen molar-refractivity contribution in [1.29, 1.82) is 0 Å². The number of rotatable bonds is 3. The van der Waals surface area contributed by atoms with Crippen molar-refractivity contribution in [3.05, 3.63) is 0 Å². The van der Waals surface area contributed by atoms with Gasteiger partial charge in [-0.15, -0.1) is 0 Å². The topological polar surface area (TPSA) is 29.3 Å². The molecule has 78 valence electrons. The van der Waals surface area contributed by atoms with E-state index in [0.717, 1.165) is 18.3 Å². The van der Waals surface area contributed by atoms with E-state index < -0.39 is 0 Å². The van der Waals surface area contributed by atoms with Crippen LogP contribution in [0, 0.1) is 11.8 Å². The average Bonchev–Trinajstić information content (AvgIpc) is 1.99. The van der Waals surface area contributed by atoms with E-state index in [4.69, 9.17) is 5.73 Å². The van der Waals surface area contributed by atoms with Crippen molar-refractivity contribution < 1.29 is 0 Å². The first-order valence-corrected chi connectivity index (χ1v) is 5.56. The zero-order valence-electron chi connectivity index (χ0n) is 9.29. The Morgan fingerprint density at radius 2 is 1.85 bits per heavy atom. The second-order valence-electron chi connectivity index (χ2n) is 4.97. The average molecular weight is 184 g/mol. The van der Waals surface area contributed by atoms with Gasteiger partial charge in [-0.3, -0.25) is 0 Å². The van der Waals surface area contributed by atoms with Gasteiger partial charge in [0.15, 0.2) is 0 Å². The molecule has 0 aromatic heterocycles. The first-order chi connectivity index (χ1) is 6.08. The highest BCUT2D eigenvalue weighted by Crippen LogP contribution is 2.20. The highest BCUT2D eigenvalue weighted by Gasteiger charge is 2.21. The Morgan fingerprint density at radius 3 is 2.31 bits per heavy atom. The van der Waals surface area contributed by atoms with Crippen molar-refractivity contribution in [3.63, 3.8) is 0 Å². The zero-order chi connectivity index (χ0) is 9.84. The molecule has 0 bridgehead atoms. The first-order valence-electron chi connectivity index (χ1n) is 5.56. The molecular weight excluding hydrogens is 160 g/mol. The van der Waals surface area contributed by atoms with Gasteiger partial charge in [0.2, 0.25) is 0 Å². The molecule has 1 aliphatic rings. The summed E-state index contributed by atoms with van der Waals surface area (Å²) in [7, 11) is 0. The van der Waals surface area contributed by atoms with Crippen LogP contribution in [0.25, 0.3) is 0 Å². The maximum absolute atomic E-state index is 5.75. The van der Waals surface area contributed by atoms with Crippen molar-refractivity contribution in [2.24, 2.45) is 17.6 Å². The van der Waals surface area contributed by atoms with Crippen LogP contribution in [0.5, 0.6) is 0 Å². The molecular formula is C11H24N2. The molecule has 0 radical (unpaired) electrons. The lowest BCUT2D eigenvalue weighted by molar-refractivity contribution is 0.138. The molecule has 13 heavy (non-hydrogen) atoms. The minimum absolute atomic E-state index is 0.354. The van der Waals surface area contributed by atoms with Gasteiger partial charge in [-0.1, -0.05) is 13.8 Å². The standard InChI is InChI=1S/C11H24N2/c1-9-6-10(2)8-13(7-9)5-4-11(3)12/h9-11H,4-8,12H2,1-3H3. The fraction of sp³-hybridized carbons (Fsp3) is 1.00. The predicted molar refractivity (Wildman–Crippen MR) is 57.7 cm³/mol. The lowest BCUT2D eigenvalue weighted by Crippen LogP contribution is -2.40. The number of nitrogens with zero attached hydrogens (tertiary/aromatic N) is 1. The fourth-order valence-corrected chi connectivity index (χ4v) is 2.36. The van der Waals surface area contributed by atoms with Crippen LogP contribution in [0.15, 0.2) is 0 Å². The van der Waals surface area contributed by atoms with Crippen molar-refractivity contribution >= 4 is 0 Å². The first kappa shape index (κ1) is 11.0. The summed E-state index contributed by atoms with van der Waals surface area (Å²) in [6.45, 7) is 10.5. The van der Waals surface area contributed by atoms with E-state index in [2.05, 4.69) is 25.7 Å². The largest absolute Gasteiger partial charge is 0.328 e. The molecule has 2 N–H and O–H groups in total. The summed E-state index contributed by atoms with van der Waals surface area (Å²) in [4.78, 5) is 2.57. The minimum Gasteiger partial charge on any atom is -0.328 e. The molecule has 0 aromatic rings. The maximum Gasteiger partial charge on any atom is 0.00226 e. The molecule has 1 heterocycles. The third-order valence-electron chi connectivity index (χ3n) is 2.85. The lowest BCUT2D eigenvalue weighted by Gasteiger charge is -2.35. The normalized spacial score (nSPS) is 33.2. The van der Waals surface area contributed by atoms with Crippen LogP contribution in [-0.4, -0.2) is 30.6 Å². The van der Waals surface area contributed by atoms with Crippen molar-refractivity contribution in [1.82, 2.24) is 4.90 Å². The molecule has 1 fully saturated rings. The minimum atomic E-state index is 0.354. The zero-order valence-corrected chi connectivity index (χ0v) is 9.29. The van der Waals surface area contributed by atoms with Crippen LogP contribution in [0.1, 0.15) is 33.6 Å². The van der Waals surface area contributed by atoms with Gasteiger partial charge in [-0.2, -0.15) is 0 Å². The quantitative estimate of drug-likeness (QED) is 0.723. The summed E-state index contributed by atoms with van der Waals surface area (Å²) in [5, 5.41) is 0. The molecule has 0 spiro atoms. The highest BCUT2D eigenvalue weighted by molar-refractivity contribution is 4.75. The summed E-state index contributed by atoms with van der Waals surface area (Å²) in [6.07, 6.45) is 2.54. The van der Waals surface area contributed by atoms with Gasteiger partial charge in [0.1, 0.15) is 0 Å². The van der Waals surface area contributed by atoms with Gasteiger partial charge in [0.25, 0.3) is 0 Å². The Kier molecular flexibility index (Phi) is 4.20. The van der Waals surface area contributed by atoms with Crippen molar-refractivity contribution in [3.8, 4) is 0 Å². The molecule has 2 heteroatoms. The van der Waals surface area contributed by atoms with E-state index in [-0.39, 0.29) is 0 Å². The van der Waals surface area contributed by atoms with Crippen molar-refractivity contribution in [2.75, 3.05) is 19.6 Å². The highest BCUT2D eigenvalue weighted by atomic mass is 15.1. The van der Waals surface area contributed by atoms with E-state index in [1.54, 1.807) is 0 Å². The van der Waals surface area contributed by atoms with Gasteiger partial charge < -0.3 is 10.6 Å². The maximum atomic E-state index is 5.75. The molecule has 3 unspecified atom stereocenters. The summed E-state index contributed by atoms with van der Waals surface area (Å²) >= 11 is 0. The van der Waals surface area contributed by atoms with E-state index in [9.17, 15) is 0 Å². The monoisotopic (exact) mass is 184 g/mol.